The maximum absolute atomic E-state index is 12.7. The Bertz CT molecular complexity index is 1020. The number of para-hydroxylation sites is 1. The zero-order valence-electron chi connectivity index (χ0n) is 16.2. The molecule has 1 aromatic carbocycles. The second kappa shape index (κ2) is 8.30. The Hall–Kier alpha value is -3.42. The normalized spacial score (nSPS) is 14.7. The highest BCUT2D eigenvalue weighted by atomic mass is 16.5. The average Bonchev–Trinajstić information content (AvgIpc) is 3.18. The van der Waals surface area contributed by atoms with Gasteiger partial charge >= 0.3 is 12.0 Å². The van der Waals surface area contributed by atoms with Crippen molar-refractivity contribution in [1.29, 1.82) is 0 Å². The number of esters is 1. The van der Waals surface area contributed by atoms with Crippen LogP contribution in [0.25, 0.3) is 11.2 Å². The van der Waals surface area contributed by atoms with Crippen LogP contribution in [0.2, 0.25) is 0 Å². The number of amides is 2. The SMILES string of the molecule is CCOC(=O)c1ccccc1NC(=O)N1CCC(n2cnc3cccnc32)CC1. The van der Waals surface area contributed by atoms with Crippen LogP contribution in [0.15, 0.2) is 48.9 Å². The molecule has 150 valence electrons. The zero-order valence-corrected chi connectivity index (χ0v) is 16.2. The van der Waals surface area contributed by atoms with Gasteiger partial charge in [0.25, 0.3) is 0 Å². The fourth-order valence-electron chi connectivity index (χ4n) is 3.65. The van der Waals surface area contributed by atoms with E-state index < -0.39 is 5.97 Å². The van der Waals surface area contributed by atoms with Crippen molar-refractivity contribution in [1.82, 2.24) is 19.4 Å². The quantitative estimate of drug-likeness (QED) is 0.686. The number of hydrogen-bond donors (Lipinski definition) is 1. The van der Waals surface area contributed by atoms with Gasteiger partial charge in [-0.1, -0.05) is 12.1 Å². The minimum Gasteiger partial charge on any atom is -0.462 e. The van der Waals surface area contributed by atoms with Crippen molar-refractivity contribution < 1.29 is 14.3 Å². The van der Waals surface area contributed by atoms with Crippen LogP contribution in [0.4, 0.5) is 10.5 Å². The minimum absolute atomic E-state index is 0.214. The summed E-state index contributed by atoms with van der Waals surface area (Å²) in [5, 5.41) is 2.85. The third-order valence-electron chi connectivity index (χ3n) is 5.14. The molecule has 0 spiro atoms. The van der Waals surface area contributed by atoms with Gasteiger partial charge in [-0.2, -0.15) is 0 Å². The first-order valence-corrected chi connectivity index (χ1v) is 9.77. The molecule has 8 nitrogen and oxygen atoms in total. The van der Waals surface area contributed by atoms with Crippen LogP contribution in [-0.4, -0.2) is 51.1 Å². The fourth-order valence-corrected chi connectivity index (χ4v) is 3.65. The summed E-state index contributed by atoms with van der Waals surface area (Å²) in [5.74, 6) is -0.443. The van der Waals surface area contributed by atoms with Gasteiger partial charge in [-0.05, 0) is 44.0 Å². The van der Waals surface area contributed by atoms with Gasteiger partial charge in [0.2, 0.25) is 0 Å². The molecule has 1 aliphatic heterocycles. The second-order valence-corrected chi connectivity index (χ2v) is 6.91. The summed E-state index contributed by atoms with van der Waals surface area (Å²) in [5.41, 5.74) is 2.57. The van der Waals surface area contributed by atoms with Crippen molar-refractivity contribution in [2.45, 2.75) is 25.8 Å². The lowest BCUT2D eigenvalue weighted by Crippen LogP contribution is -2.41. The van der Waals surface area contributed by atoms with E-state index in [2.05, 4.69) is 19.9 Å². The van der Waals surface area contributed by atoms with Gasteiger partial charge in [0.1, 0.15) is 5.52 Å². The van der Waals surface area contributed by atoms with Gasteiger partial charge < -0.3 is 19.5 Å². The minimum atomic E-state index is -0.443. The number of nitrogens with one attached hydrogen (secondary N) is 1. The number of anilines is 1. The van der Waals surface area contributed by atoms with Crippen LogP contribution in [-0.2, 0) is 4.74 Å². The third kappa shape index (κ3) is 3.91. The third-order valence-corrected chi connectivity index (χ3v) is 5.14. The molecular weight excluding hydrogens is 370 g/mol. The Morgan fingerprint density at radius 1 is 1.14 bits per heavy atom. The lowest BCUT2D eigenvalue weighted by Gasteiger charge is -2.32. The number of urea groups is 1. The van der Waals surface area contributed by atoms with E-state index in [1.165, 1.54) is 0 Å². The number of rotatable bonds is 4. The number of hydrogen-bond acceptors (Lipinski definition) is 5. The molecule has 8 heteroatoms. The Morgan fingerprint density at radius 2 is 1.93 bits per heavy atom. The molecule has 0 radical (unpaired) electrons. The zero-order chi connectivity index (χ0) is 20.2. The first-order valence-electron chi connectivity index (χ1n) is 9.77. The highest BCUT2D eigenvalue weighted by Gasteiger charge is 2.26. The number of nitrogens with zero attached hydrogens (tertiary/aromatic N) is 4. The van der Waals surface area contributed by atoms with Gasteiger partial charge in [0.05, 0.1) is 24.2 Å². The summed E-state index contributed by atoms with van der Waals surface area (Å²) in [6, 6.07) is 10.7. The maximum Gasteiger partial charge on any atom is 0.340 e. The first kappa shape index (κ1) is 18.9. The van der Waals surface area contributed by atoms with Gasteiger partial charge in [0, 0.05) is 25.3 Å². The Morgan fingerprint density at radius 3 is 2.72 bits per heavy atom. The van der Waals surface area contributed by atoms with E-state index in [9.17, 15) is 9.59 Å². The summed E-state index contributed by atoms with van der Waals surface area (Å²) < 4.78 is 7.17. The number of pyridine rings is 1. The Labute approximate surface area is 168 Å². The number of imidazole rings is 1. The molecule has 1 N–H and O–H groups in total. The van der Waals surface area contributed by atoms with E-state index in [0.717, 1.165) is 24.0 Å². The molecule has 0 atom stereocenters. The van der Waals surface area contributed by atoms with Crippen molar-refractivity contribution in [3.05, 3.63) is 54.5 Å². The predicted molar refractivity (Wildman–Crippen MR) is 109 cm³/mol. The van der Waals surface area contributed by atoms with Crippen molar-refractivity contribution >= 4 is 28.9 Å². The second-order valence-electron chi connectivity index (χ2n) is 6.91. The lowest BCUT2D eigenvalue weighted by atomic mass is 10.1. The molecule has 3 heterocycles. The first-order chi connectivity index (χ1) is 14.2. The monoisotopic (exact) mass is 393 g/mol. The summed E-state index contributed by atoms with van der Waals surface area (Å²) in [7, 11) is 0. The smallest absolute Gasteiger partial charge is 0.340 e. The van der Waals surface area contributed by atoms with Crippen molar-refractivity contribution in [2.24, 2.45) is 0 Å². The van der Waals surface area contributed by atoms with Crippen molar-refractivity contribution in [2.75, 3.05) is 25.0 Å². The Kier molecular flexibility index (Phi) is 5.41. The summed E-state index contributed by atoms with van der Waals surface area (Å²) >= 11 is 0. The number of likely N-dealkylation sites (tertiary alicyclic amines) is 1. The van der Waals surface area contributed by atoms with Crippen LogP contribution in [0, 0.1) is 0 Å². The largest absolute Gasteiger partial charge is 0.462 e. The number of carbonyl (C=O) groups is 2. The average molecular weight is 393 g/mol. The van der Waals surface area contributed by atoms with Gasteiger partial charge in [0.15, 0.2) is 5.65 Å². The lowest BCUT2D eigenvalue weighted by molar-refractivity contribution is 0.0527. The van der Waals surface area contributed by atoms with Gasteiger partial charge in [-0.3, -0.25) is 0 Å². The number of aromatic nitrogens is 3. The van der Waals surface area contributed by atoms with E-state index in [-0.39, 0.29) is 18.7 Å². The molecule has 0 aliphatic carbocycles. The van der Waals surface area contributed by atoms with Crippen LogP contribution in [0.5, 0.6) is 0 Å². The highest BCUT2D eigenvalue weighted by molar-refractivity contribution is 6.00. The Balaban J connectivity index is 1.41. The van der Waals surface area contributed by atoms with E-state index in [0.29, 0.717) is 24.3 Å². The van der Waals surface area contributed by atoms with E-state index >= 15 is 0 Å². The molecule has 0 unspecified atom stereocenters. The molecular formula is C21H23N5O3. The highest BCUT2D eigenvalue weighted by Crippen LogP contribution is 2.26. The molecule has 0 bridgehead atoms. The van der Waals surface area contributed by atoms with Crippen molar-refractivity contribution in [3.8, 4) is 0 Å². The number of fused-ring (bicyclic) bond motifs is 1. The number of ether oxygens (including phenoxy) is 1. The molecule has 2 amide bonds. The summed E-state index contributed by atoms with van der Waals surface area (Å²) in [6.07, 6.45) is 5.22. The van der Waals surface area contributed by atoms with Crippen LogP contribution in [0.3, 0.4) is 0 Å². The van der Waals surface area contributed by atoms with E-state index in [4.69, 9.17) is 4.74 Å². The van der Waals surface area contributed by atoms with Crippen LogP contribution >= 0.6 is 0 Å². The van der Waals surface area contributed by atoms with Gasteiger partial charge in [-0.15, -0.1) is 0 Å². The van der Waals surface area contributed by atoms with E-state index in [1.54, 1.807) is 42.3 Å². The van der Waals surface area contributed by atoms with Gasteiger partial charge in [-0.25, -0.2) is 19.6 Å². The van der Waals surface area contributed by atoms with Crippen molar-refractivity contribution in [3.63, 3.8) is 0 Å². The molecule has 1 fully saturated rings. The molecule has 0 saturated carbocycles. The number of benzene rings is 1. The molecule has 1 saturated heterocycles. The summed E-state index contributed by atoms with van der Waals surface area (Å²) in [4.78, 5) is 35.4. The summed E-state index contributed by atoms with van der Waals surface area (Å²) in [6.45, 7) is 3.27. The standard InChI is InChI=1S/C21H23N5O3/c1-2-29-20(27)16-6-3-4-7-17(16)24-21(28)25-12-9-15(10-13-25)26-14-23-18-8-5-11-22-19(18)26/h3-8,11,14-15H,2,9-10,12-13H2,1H3,(H,24,28). The van der Waals surface area contributed by atoms with Crippen LogP contribution < -0.4 is 5.32 Å². The predicted octanol–water partition coefficient (Wildman–Crippen LogP) is 3.48. The topological polar surface area (TPSA) is 89.4 Å². The molecule has 3 aromatic rings. The fraction of sp³-hybridized carbons (Fsp3) is 0.333. The van der Waals surface area contributed by atoms with E-state index in [1.807, 2.05) is 18.5 Å². The maximum atomic E-state index is 12.7. The number of carbonyl (C=O) groups excluding carboxylic acids is 2. The molecule has 1 aliphatic rings. The molecule has 4 rings (SSSR count). The van der Waals surface area contributed by atoms with Crippen LogP contribution in [0.1, 0.15) is 36.2 Å². The molecule has 29 heavy (non-hydrogen) atoms. The number of piperidine rings is 1. The molecule has 2 aromatic heterocycles.